The number of aromatic nitrogens is 2. The molecule has 1 N–H and O–H groups in total. The molecule has 0 saturated carbocycles. The van der Waals surface area contributed by atoms with Crippen LogP contribution in [0.4, 0.5) is 13.2 Å². The predicted octanol–water partition coefficient (Wildman–Crippen LogP) is 2.51. The van der Waals surface area contributed by atoms with Crippen LogP contribution in [-0.4, -0.2) is 22.5 Å². The summed E-state index contributed by atoms with van der Waals surface area (Å²) in [7, 11) is 0. The summed E-state index contributed by atoms with van der Waals surface area (Å²) in [5, 5.41) is 6.80. The minimum absolute atomic E-state index is 0.498. The first kappa shape index (κ1) is 13.0. The lowest BCUT2D eigenvalue weighted by Gasteiger charge is -2.17. The molecule has 1 aromatic heterocycles. The zero-order valence-electron chi connectivity index (χ0n) is 9.38. The molecule has 92 valence electrons. The van der Waals surface area contributed by atoms with Crippen LogP contribution < -0.4 is 5.32 Å². The second kappa shape index (κ2) is 5.34. The van der Waals surface area contributed by atoms with E-state index in [1.165, 1.54) is 6.20 Å². The van der Waals surface area contributed by atoms with Gasteiger partial charge in [0.1, 0.15) is 0 Å². The van der Waals surface area contributed by atoms with Gasteiger partial charge in [0.15, 0.2) is 0 Å². The maximum Gasteiger partial charge on any atom is 0.390 e. The molecule has 0 fully saturated rings. The largest absolute Gasteiger partial charge is 0.390 e. The van der Waals surface area contributed by atoms with Crippen molar-refractivity contribution in [2.45, 2.75) is 39.0 Å². The van der Waals surface area contributed by atoms with Crippen molar-refractivity contribution in [1.82, 2.24) is 15.1 Å². The van der Waals surface area contributed by atoms with E-state index in [1.54, 1.807) is 17.8 Å². The van der Waals surface area contributed by atoms with Gasteiger partial charge in [0.25, 0.3) is 0 Å². The lowest BCUT2D eigenvalue weighted by atomic mass is 10.1. The molecule has 1 aromatic rings. The third-order valence-electron chi connectivity index (χ3n) is 2.27. The zero-order chi connectivity index (χ0) is 12.2. The summed E-state index contributed by atoms with van der Waals surface area (Å²) in [6.45, 7) is 4.83. The molecule has 0 aliphatic heterocycles. The molecule has 3 nitrogen and oxygen atoms in total. The highest BCUT2D eigenvalue weighted by molar-refractivity contribution is 5.10. The molecule has 0 saturated heterocycles. The Hall–Kier alpha value is -1.04. The van der Waals surface area contributed by atoms with E-state index < -0.39 is 18.6 Å². The van der Waals surface area contributed by atoms with Crippen molar-refractivity contribution >= 4 is 0 Å². The van der Waals surface area contributed by atoms with Crippen molar-refractivity contribution in [3.63, 3.8) is 0 Å². The molecule has 6 heteroatoms. The van der Waals surface area contributed by atoms with Gasteiger partial charge in [-0.25, -0.2) is 0 Å². The van der Waals surface area contributed by atoms with E-state index in [9.17, 15) is 13.2 Å². The Balaban J connectivity index is 2.76. The van der Waals surface area contributed by atoms with Crippen molar-refractivity contribution in [2.75, 3.05) is 6.54 Å². The summed E-state index contributed by atoms with van der Waals surface area (Å²) in [6, 6.07) is -0.703. The molecule has 0 radical (unpaired) electrons. The van der Waals surface area contributed by atoms with Crippen LogP contribution in [0.15, 0.2) is 12.4 Å². The second-order valence-electron chi connectivity index (χ2n) is 3.56. The van der Waals surface area contributed by atoms with E-state index in [0.29, 0.717) is 18.7 Å². The summed E-state index contributed by atoms with van der Waals surface area (Å²) >= 11 is 0. The maximum absolute atomic E-state index is 12.3. The van der Waals surface area contributed by atoms with Crippen LogP contribution in [0.3, 0.4) is 0 Å². The van der Waals surface area contributed by atoms with Crippen LogP contribution in [0.25, 0.3) is 0 Å². The number of nitrogens with one attached hydrogen (secondary N) is 1. The van der Waals surface area contributed by atoms with E-state index in [4.69, 9.17) is 0 Å². The van der Waals surface area contributed by atoms with Crippen LogP contribution in [-0.2, 0) is 6.54 Å². The van der Waals surface area contributed by atoms with E-state index >= 15 is 0 Å². The first-order chi connectivity index (χ1) is 7.46. The van der Waals surface area contributed by atoms with Crippen molar-refractivity contribution in [3.8, 4) is 0 Å². The molecule has 0 aliphatic carbocycles. The van der Waals surface area contributed by atoms with Crippen LogP contribution in [0.5, 0.6) is 0 Å². The smallest absolute Gasteiger partial charge is 0.310 e. The number of hydrogen-bond donors (Lipinski definition) is 1. The number of halogens is 3. The lowest BCUT2D eigenvalue weighted by Crippen LogP contribution is -2.26. The van der Waals surface area contributed by atoms with Gasteiger partial charge in [-0.1, -0.05) is 6.92 Å². The average Bonchev–Trinajstić information content (AvgIpc) is 2.63. The van der Waals surface area contributed by atoms with Gasteiger partial charge in [0.2, 0.25) is 0 Å². The molecule has 1 heterocycles. The minimum Gasteiger partial charge on any atom is -0.310 e. The van der Waals surface area contributed by atoms with Crippen LogP contribution >= 0.6 is 0 Å². The number of hydrogen-bond acceptors (Lipinski definition) is 2. The number of aryl methyl sites for hydroxylation is 1. The van der Waals surface area contributed by atoms with E-state index in [0.717, 1.165) is 0 Å². The van der Waals surface area contributed by atoms with Crippen molar-refractivity contribution in [3.05, 3.63) is 18.0 Å². The van der Waals surface area contributed by atoms with Gasteiger partial charge in [-0.15, -0.1) is 0 Å². The van der Waals surface area contributed by atoms with Crippen LogP contribution in [0.2, 0.25) is 0 Å². The van der Waals surface area contributed by atoms with Crippen molar-refractivity contribution in [2.24, 2.45) is 0 Å². The molecule has 0 aromatic carbocycles. The zero-order valence-corrected chi connectivity index (χ0v) is 9.38. The second-order valence-corrected chi connectivity index (χ2v) is 3.56. The van der Waals surface area contributed by atoms with Gasteiger partial charge in [0.05, 0.1) is 12.6 Å². The Labute approximate surface area is 92.6 Å². The fourth-order valence-electron chi connectivity index (χ4n) is 1.52. The Bertz CT molecular complexity index is 319. The monoisotopic (exact) mass is 235 g/mol. The normalized spacial score (nSPS) is 14.1. The highest BCUT2D eigenvalue weighted by Crippen LogP contribution is 2.29. The SMILES string of the molecule is CCNC(CC(F)(F)F)c1cnn(CC)c1. The molecule has 0 bridgehead atoms. The number of rotatable bonds is 5. The molecule has 16 heavy (non-hydrogen) atoms. The summed E-state index contributed by atoms with van der Waals surface area (Å²) in [6.07, 6.45) is -1.89. The Morgan fingerprint density at radius 3 is 2.56 bits per heavy atom. The molecule has 1 atom stereocenters. The highest BCUT2D eigenvalue weighted by Gasteiger charge is 2.32. The topological polar surface area (TPSA) is 29.9 Å². The standard InChI is InChI=1S/C10H16F3N3/c1-3-14-9(5-10(11,12)13)8-6-15-16(4-2)7-8/h6-7,9,14H,3-5H2,1-2H3. The minimum atomic E-state index is -4.17. The van der Waals surface area contributed by atoms with Gasteiger partial charge in [-0.3, -0.25) is 4.68 Å². The number of nitrogens with zero attached hydrogens (tertiary/aromatic N) is 2. The molecular formula is C10H16F3N3. The molecule has 1 rings (SSSR count). The summed E-state index contributed by atoms with van der Waals surface area (Å²) in [5.74, 6) is 0. The molecule has 0 spiro atoms. The lowest BCUT2D eigenvalue weighted by molar-refractivity contribution is -0.140. The van der Waals surface area contributed by atoms with Crippen LogP contribution in [0, 0.1) is 0 Å². The molecule has 0 amide bonds. The third kappa shape index (κ3) is 3.84. The van der Waals surface area contributed by atoms with E-state index in [2.05, 4.69) is 10.4 Å². The summed E-state index contributed by atoms with van der Waals surface area (Å²) in [4.78, 5) is 0. The Morgan fingerprint density at radius 2 is 2.12 bits per heavy atom. The van der Waals surface area contributed by atoms with E-state index in [1.807, 2.05) is 6.92 Å². The van der Waals surface area contributed by atoms with Crippen molar-refractivity contribution in [1.29, 1.82) is 0 Å². The quantitative estimate of drug-likeness (QED) is 0.849. The van der Waals surface area contributed by atoms with Gasteiger partial charge >= 0.3 is 6.18 Å². The van der Waals surface area contributed by atoms with Gasteiger partial charge in [-0.05, 0) is 13.5 Å². The van der Waals surface area contributed by atoms with Gasteiger partial charge in [-0.2, -0.15) is 18.3 Å². The van der Waals surface area contributed by atoms with Gasteiger partial charge in [0, 0.05) is 24.3 Å². The molecule has 0 aliphatic rings. The number of alkyl halides is 3. The maximum atomic E-state index is 12.3. The third-order valence-corrected chi connectivity index (χ3v) is 2.27. The fourth-order valence-corrected chi connectivity index (χ4v) is 1.52. The first-order valence-electron chi connectivity index (χ1n) is 5.28. The predicted molar refractivity (Wildman–Crippen MR) is 55.0 cm³/mol. The van der Waals surface area contributed by atoms with Crippen molar-refractivity contribution < 1.29 is 13.2 Å². The molecule has 1 unspecified atom stereocenters. The Kier molecular flexibility index (Phi) is 4.35. The van der Waals surface area contributed by atoms with Crippen LogP contribution in [0.1, 0.15) is 31.9 Å². The van der Waals surface area contributed by atoms with E-state index in [-0.39, 0.29) is 0 Å². The average molecular weight is 235 g/mol. The Morgan fingerprint density at radius 1 is 1.44 bits per heavy atom. The summed E-state index contributed by atoms with van der Waals surface area (Å²) in [5.41, 5.74) is 0.584. The van der Waals surface area contributed by atoms with Gasteiger partial charge < -0.3 is 5.32 Å². The fraction of sp³-hybridized carbons (Fsp3) is 0.700. The first-order valence-corrected chi connectivity index (χ1v) is 5.28. The molecular weight excluding hydrogens is 219 g/mol. The summed E-state index contributed by atoms with van der Waals surface area (Å²) < 4.78 is 38.6. The highest BCUT2D eigenvalue weighted by atomic mass is 19.4.